The summed E-state index contributed by atoms with van der Waals surface area (Å²) in [7, 11) is 5.33. The number of carbonyl (C=O) groups is 2. The van der Waals surface area contributed by atoms with Crippen molar-refractivity contribution in [2.45, 2.75) is 13.8 Å². The number of amides is 2. The lowest BCUT2D eigenvalue weighted by Gasteiger charge is -2.19. The second kappa shape index (κ2) is 9.07. The van der Waals surface area contributed by atoms with E-state index in [9.17, 15) is 9.59 Å². The molecule has 0 unspecified atom stereocenters. The second-order valence-electron chi connectivity index (χ2n) is 6.91. The molecule has 2 aromatic rings. The molecular formula is C21H27N3O3. The summed E-state index contributed by atoms with van der Waals surface area (Å²) < 4.78 is 5.10. The molecule has 2 N–H and O–H groups in total. The highest BCUT2D eigenvalue weighted by Crippen LogP contribution is 2.23. The van der Waals surface area contributed by atoms with E-state index in [1.54, 1.807) is 43.5 Å². The zero-order chi connectivity index (χ0) is 20.0. The van der Waals surface area contributed by atoms with Crippen molar-refractivity contribution in [2.24, 2.45) is 5.92 Å². The fourth-order valence-electron chi connectivity index (χ4n) is 2.52. The molecule has 0 bridgehead atoms. The Balaban J connectivity index is 2.22. The number of carbonyl (C=O) groups excluding carboxylic acids is 2. The Bertz CT molecular complexity index is 799. The van der Waals surface area contributed by atoms with Crippen molar-refractivity contribution in [2.75, 3.05) is 38.0 Å². The Morgan fingerprint density at radius 1 is 1.04 bits per heavy atom. The summed E-state index contributed by atoms with van der Waals surface area (Å²) in [5.74, 6) is 0.637. The second-order valence-corrected chi connectivity index (χ2v) is 6.91. The number of hydrogen-bond acceptors (Lipinski definition) is 4. The number of rotatable bonds is 7. The molecule has 0 saturated carbocycles. The summed E-state index contributed by atoms with van der Waals surface area (Å²) in [5, 5.41) is 5.77. The number of ether oxygens (including phenoxy) is 1. The lowest BCUT2D eigenvalue weighted by molar-refractivity contribution is 0.0948. The standard InChI is InChI=1S/C21H27N3O3/c1-14(2)13-22-21(26)18-12-16(8-11-19(18)24(3)4)23-20(25)15-6-9-17(27-5)10-7-15/h6-12,14H,13H2,1-5H3,(H,22,26)(H,23,25). The van der Waals surface area contributed by atoms with Crippen molar-refractivity contribution in [1.29, 1.82) is 0 Å². The third-order valence-corrected chi connectivity index (χ3v) is 4.00. The molecule has 0 atom stereocenters. The lowest BCUT2D eigenvalue weighted by atomic mass is 10.1. The first-order valence-electron chi connectivity index (χ1n) is 8.86. The molecule has 0 aliphatic carbocycles. The molecule has 2 amide bonds. The Hall–Kier alpha value is -3.02. The van der Waals surface area contributed by atoms with E-state index in [1.807, 2.05) is 38.9 Å². The van der Waals surface area contributed by atoms with E-state index in [0.29, 0.717) is 35.0 Å². The Kier molecular flexibility index (Phi) is 6.82. The highest BCUT2D eigenvalue weighted by Gasteiger charge is 2.15. The van der Waals surface area contributed by atoms with Gasteiger partial charge in [-0.3, -0.25) is 9.59 Å². The van der Waals surface area contributed by atoms with Gasteiger partial charge in [-0.2, -0.15) is 0 Å². The van der Waals surface area contributed by atoms with Crippen molar-refractivity contribution in [3.63, 3.8) is 0 Å². The van der Waals surface area contributed by atoms with Gasteiger partial charge in [0.25, 0.3) is 11.8 Å². The quantitative estimate of drug-likeness (QED) is 0.785. The molecule has 0 radical (unpaired) electrons. The molecule has 0 spiro atoms. The van der Waals surface area contributed by atoms with Gasteiger partial charge in [0.1, 0.15) is 5.75 Å². The summed E-state index contributed by atoms with van der Waals surface area (Å²) in [4.78, 5) is 26.9. The van der Waals surface area contributed by atoms with Crippen molar-refractivity contribution in [3.05, 3.63) is 53.6 Å². The Morgan fingerprint density at radius 2 is 1.70 bits per heavy atom. The van der Waals surface area contributed by atoms with Crippen LogP contribution in [0.25, 0.3) is 0 Å². The lowest BCUT2D eigenvalue weighted by Crippen LogP contribution is -2.29. The molecule has 0 aromatic heterocycles. The number of anilines is 2. The Morgan fingerprint density at radius 3 is 2.26 bits per heavy atom. The predicted molar refractivity (Wildman–Crippen MR) is 109 cm³/mol. The molecule has 0 heterocycles. The maximum absolute atomic E-state index is 12.6. The van der Waals surface area contributed by atoms with Gasteiger partial charge in [0.2, 0.25) is 0 Å². The molecule has 0 aliphatic heterocycles. The third kappa shape index (κ3) is 5.48. The molecule has 0 saturated heterocycles. The van der Waals surface area contributed by atoms with Crippen LogP contribution in [-0.4, -0.2) is 39.6 Å². The Labute approximate surface area is 160 Å². The maximum atomic E-state index is 12.6. The first-order valence-corrected chi connectivity index (χ1v) is 8.86. The topological polar surface area (TPSA) is 70.7 Å². The molecular weight excluding hydrogens is 342 g/mol. The van der Waals surface area contributed by atoms with Crippen LogP contribution in [0, 0.1) is 5.92 Å². The minimum atomic E-state index is -0.246. The van der Waals surface area contributed by atoms with E-state index in [1.165, 1.54) is 0 Å². The van der Waals surface area contributed by atoms with Crippen LogP contribution in [0.2, 0.25) is 0 Å². The van der Waals surface area contributed by atoms with Crippen molar-refractivity contribution >= 4 is 23.2 Å². The molecule has 2 aromatic carbocycles. The van der Waals surface area contributed by atoms with Gasteiger partial charge in [-0.05, 0) is 48.4 Å². The van der Waals surface area contributed by atoms with E-state index in [4.69, 9.17) is 4.74 Å². The van der Waals surface area contributed by atoms with Gasteiger partial charge in [-0.15, -0.1) is 0 Å². The van der Waals surface area contributed by atoms with Crippen LogP contribution in [0.1, 0.15) is 34.6 Å². The fourth-order valence-corrected chi connectivity index (χ4v) is 2.52. The minimum Gasteiger partial charge on any atom is -0.497 e. The van der Waals surface area contributed by atoms with E-state index in [2.05, 4.69) is 10.6 Å². The number of methoxy groups -OCH3 is 1. The van der Waals surface area contributed by atoms with Crippen LogP contribution in [0.5, 0.6) is 5.75 Å². The van der Waals surface area contributed by atoms with E-state index in [0.717, 1.165) is 5.69 Å². The van der Waals surface area contributed by atoms with Crippen LogP contribution in [-0.2, 0) is 0 Å². The summed E-state index contributed by atoms with van der Waals surface area (Å²) >= 11 is 0. The normalized spacial score (nSPS) is 10.4. The minimum absolute atomic E-state index is 0.159. The number of hydrogen-bond donors (Lipinski definition) is 2. The monoisotopic (exact) mass is 369 g/mol. The van der Waals surface area contributed by atoms with Gasteiger partial charge in [-0.25, -0.2) is 0 Å². The van der Waals surface area contributed by atoms with Gasteiger partial charge in [-0.1, -0.05) is 13.8 Å². The van der Waals surface area contributed by atoms with Crippen LogP contribution >= 0.6 is 0 Å². The van der Waals surface area contributed by atoms with Crippen LogP contribution in [0.3, 0.4) is 0 Å². The van der Waals surface area contributed by atoms with Crippen LogP contribution in [0.4, 0.5) is 11.4 Å². The van der Waals surface area contributed by atoms with Gasteiger partial charge >= 0.3 is 0 Å². The van der Waals surface area contributed by atoms with Gasteiger partial charge < -0.3 is 20.3 Å². The van der Waals surface area contributed by atoms with Gasteiger partial charge in [0.05, 0.1) is 12.7 Å². The number of nitrogens with one attached hydrogen (secondary N) is 2. The predicted octanol–water partition coefficient (Wildman–Crippen LogP) is 3.40. The third-order valence-electron chi connectivity index (χ3n) is 4.00. The van der Waals surface area contributed by atoms with Crippen LogP contribution < -0.4 is 20.3 Å². The number of benzene rings is 2. The average Bonchev–Trinajstić information content (AvgIpc) is 2.65. The smallest absolute Gasteiger partial charge is 0.255 e. The molecule has 6 heteroatoms. The summed E-state index contributed by atoms with van der Waals surface area (Å²) in [6.07, 6.45) is 0. The van der Waals surface area contributed by atoms with Crippen LogP contribution in [0.15, 0.2) is 42.5 Å². The van der Waals surface area contributed by atoms with Gasteiger partial charge in [0.15, 0.2) is 0 Å². The summed E-state index contributed by atoms with van der Waals surface area (Å²) in [6.45, 7) is 4.67. The maximum Gasteiger partial charge on any atom is 0.255 e. The highest BCUT2D eigenvalue weighted by atomic mass is 16.5. The van der Waals surface area contributed by atoms with E-state index < -0.39 is 0 Å². The van der Waals surface area contributed by atoms with Gasteiger partial charge in [0, 0.05) is 37.6 Å². The molecule has 0 fully saturated rings. The number of nitrogens with zero attached hydrogens (tertiary/aromatic N) is 1. The van der Waals surface area contributed by atoms with Crippen molar-refractivity contribution < 1.29 is 14.3 Å². The molecule has 144 valence electrons. The summed E-state index contributed by atoms with van der Waals surface area (Å²) in [6, 6.07) is 12.2. The fraction of sp³-hybridized carbons (Fsp3) is 0.333. The van der Waals surface area contributed by atoms with Crippen molar-refractivity contribution in [1.82, 2.24) is 5.32 Å². The molecule has 6 nitrogen and oxygen atoms in total. The zero-order valence-electron chi connectivity index (χ0n) is 16.5. The van der Waals surface area contributed by atoms with E-state index >= 15 is 0 Å². The molecule has 0 aliphatic rings. The zero-order valence-corrected chi connectivity index (χ0v) is 16.5. The largest absolute Gasteiger partial charge is 0.497 e. The highest BCUT2D eigenvalue weighted by molar-refractivity contribution is 6.06. The first-order chi connectivity index (χ1) is 12.8. The molecule has 2 rings (SSSR count). The SMILES string of the molecule is COc1ccc(C(=O)Nc2ccc(N(C)C)c(C(=O)NCC(C)C)c2)cc1. The van der Waals surface area contributed by atoms with E-state index in [-0.39, 0.29) is 11.8 Å². The van der Waals surface area contributed by atoms with Crippen molar-refractivity contribution in [3.8, 4) is 5.75 Å². The summed E-state index contributed by atoms with van der Waals surface area (Å²) in [5.41, 5.74) is 2.39. The first kappa shape index (κ1) is 20.3. The average molecular weight is 369 g/mol. The molecule has 27 heavy (non-hydrogen) atoms.